The molecule has 1 heterocycles. The van der Waals surface area contributed by atoms with Crippen LogP contribution in [0.3, 0.4) is 0 Å². The largest absolute Gasteiger partial charge is 0.490 e. The molecule has 1 aliphatic heterocycles. The van der Waals surface area contributed by atoms with Crippen LogP contribution in [0.2, 0.25) is 0 Å². The predicted octanol–water partition coefficient (Wildman–Crippen LogP) is 0.915. The number of para-hydroxylation sites is 2. The molecule has 1 N–H and O–H groups in total. The fraction of sp³-hybridized carbons (Fsp3) is 0.500. The lowest BCUT2D eigenvalue weighted by atomic mass is 10.0. The third kappa shape index (κ3) is 3.38. The summed E-state index contributed by atoms with van der Waals surface area (Å²) in [6, 6.07) is 7.30. The molecule has 5 heteroatoms. The molecule has 0 unspecified atom stereocenters. The minimum atomic E-state index is -0.0593. The highest BCUT2D eigenvalue weighted by Gasteiger charge is 2.30. The number of hydrogen-bond acceptors (Lipinski definition) is 4. The van der Waals surface area contributed by atoms with Crippen molar-refractivity contribution in [3.63, 3.8) is 0 Å². The number of benzene rings is 1. The van der Waals surface area contributed by atoms with Crippen LogP contribution < -0.4 is 9.47 Å². The van der Waals surface area contributed by atoms with Crippen LogP contribution in [0.4, 0.5) is 0 Å². The first-order valence-electron chi connectivity index (χ1n) is 6.47. The number of nitrogens with zero attached hydrogens (tertiary/aromatic N) is 1. The van der Waals surface area contributed by atoms with E-state index in [9.17, 15) is 4.79 Å². The molecule has 1 saturated heterocycles. The van der Waals surface area contributed by atoms with Gasteiger partial charge in [-0.15, -0.1) is 0 Å². The van der Waals surface area contributed by atoms with Crippen LogP contribution in [-0.4, -0.2) is 48.8 Å². The Morgan fingerprint density at radius 2 is 1.95 bits per heavy atom. The lowest BCUT2D eigenvalue weighted by molar-refractivity contribution is -0.140. The highest BCUT2D eigenvalue weighted by Crippen LogP contribution is 2.26. The average Bonchev–Trinajstić information content (AvgIpc) is 2.37. The lowest BCUT2D eigenvalue weighted by Gasteiger charge is -2.38. The van der Waals surface area contributed by atoms with Gasteiger partial charge in [0.25, 0.3) is 5.91 Å². The van der Waals surface area contributed by atoms with Crippen LogP contribution in [0, 0.1) is 5.92 Å². The second-order valence-electron chi connectivity index (χ2n) is 4.52. The molecule has 1 aromatic carbocycles. The SMILES string of the molecule is CCOc1ccccc1OCC(=O)N1CC(CO)C1. The Balaban J connectivity index is 1.83. The maximum atomic E-state index is 11.8. The molecule has 104 valence electrons. The molecule has 0 radical (unpaired) electrons. The maximum absolute atomic E-state index is 11.8. The summed E-state index contributed by atoms with van der Waals surface area (Å²) in [6.07, 6.45) is 0. The number of likely N-dealkylation sites (tertiary alicyclic amines) is 1. The van der Waals surface area contributed by atoms with E-state index < -0.39 is 0 Å². The van der Waals surface area contributed by atoms with E-state index in [1.54, 1.807) is 11.0 Å². The van der Waals surface area contributed by atoms with Crippen LogP contribution in [0.1, 0.15) is 6.92 Å². The van der Waals surface area contributed by atoms with Gasteiger partial charge >= 0.3 is 0 Å². The molecule has 2 rings (SSSR count). The Morgan fingerprint density at radius 1 is 1.32 bits per heavy atom. The molecule has 0 bridgehead atoms. The van der Waals surface area contributed by atoms with Gasteiger partial charge < -0.3 is 19.5 Å². The fourth-order valence-corrected chi connectivity index (χ4v) is 1.96. The zero-order valence-electron chi connectivity index (χ0n) is 11.0. The smallest absolute Gasteiger partial charge is 0.260 e. The molecule has 1 aromatic rings. The summed E-state index contributed by atoms with van der Waals surface area (Å²) < 4.78 is 10.9. The quantitative estimate of drug-likeness (QED) is 0.830. The van der Waals surface area contributed by atoms with Gasteiger partial charge in [-0.3, -0.25) is 4.79 Å². The fourth-order valence-electron chi connectivity index (χ4n) is 1.96. The molecular weight excluding hydrogens is 246 g/mol. The van der Waals surface area contributed by atoms with Gasteiger partial charge in [-0.05, 0) is 19.1 Å². The molecule has 1 fully saturated rings. The molecule has 0 atom stereocenters. The maximum Gasteiger partial charge on any atom is 0.260 e. The Hall–Kier alpha value is -1.75. The van der Waals surface area contributed by atoms with E-state index in [4.69, 9.17) is 14.6 Å². The summed E-state index contributed by atoms with van der Waals surface area (Å²) in [4.78, 5) is 13.5. The number of aliphatic hydroxyl groups excluding tert-OH is 1. The number of ether oxygens (including phenoxy) is 2. The summed E-state index contributed by atoms with van der Waals surface area (Å²) in [5.74, 6) is 1.39. The molecule has 0 saturated carbocycles. The first-order chi connectivity index (χ1) is 9.24. The monoisotopic (exact) mass is 265 g/mol. The van der Waals surface area contributed by atoms with Crippen molar-refractivity contribution in [3.8, 4) is 11.5 Å². The van der Waals surface area contributed by atoms with Crippen molar-refractivity contribution in [3.05, 3.63) is 24.3 Å². The predicted molar refractivity (Wildman–Crippen MR) is 70.3 cm³/mol. The van der Waals surface area contributed by atoms with Gasteiger partial charge in [0, 0.05) is 25.6 Å². The zero-order valence-corrected chi connectivity index (χ0v) is 11.0. The highest BCUT2D eigenvalue weighted by molar-refractivity contribution is 5.78. The molecule has 0 aliphatic carbocycles. The van der Waals surface area contributed by atoms with Crippen LogP contribution in [-0.2, 0) is 4.79 Å². The van der Waals surface area contributed by atoms with Crippen LogP contribution in [0.25, 0.3) is 0 Å². The van der Waals surface area contributed by atoms with Crippen molar-refractivity contribution >= 4 is 5.91 Å². The summed E-state index contributed by atoms with van der Waals surface area (Å²) >= 11 is 0. The van der Waals surface area contributed by atoms with Crippen molar-refractivity contribution in [2.45, 2.75) is 6.92 Å². The van der Waals surface area contributed by atoms with Crippen LogP contribution in [0.5, 0.6) is 11.5 Å². The molecule has 19 heavy (non-hydrogen) atoms. The standard InChI is InChI=1S/C14H19NO4/c1-2-18-12-5-3-4-6-13(12)19-10-14(17)15-7-11(8-15)9-16/h3-6,11,16H,2,7-10H2,1H3. The summed E-state index contributed by atoms with van der Waals surface area (Å²) in [6.45, 7) is 3.83. The van der Waals surface area contributed by atoms with Crippen molar-refractivity contribution in [2.24, 2.45) is 5.92 Å². The number of carbonyl (C=O) groups is 1. The summed E-state index contributed by atoms with van der Waals surface area (Å²) in [7, 11) is 0. The van der Waals surface area contributed by atoms with E-state index in [0.29, 0.717) is 31.2 Å². The van der Waals surface area contributed by atoms with Crippen molar-refractivity contribution in [1.29, 1.82) is 0 Å². The minimum absolute atomic E-state index is 0.00222. The van der Waals surface area contributed by atoms with Crippen molar-refractivity contribution in [2.75, 3.05) is 32.9 Å². The topological polar surface area (TPSA) is 59.0 Å². The van der Waals surface area contributed by atoms with E-state index in [1.807, 2.05) is 25.1 Å². The molecule has 0 spiro atoms. The van der Waals surface area contributed by atoms with E-state index >= 15 is 0 Å². The summed E-state index contributed by atoms with van der Waals surface area (Å²) in [5.41, 5.74) is 0. The average molecular weight is 265 g/mol. The number of amides is 1. The number of rotatable bonds is 6. The molecular formula is C14H19NO4. The third-order valence-electron chi connectivity index (χ3n) is 3.07. The number of carbonyl (C=O) groups excluding carboxylic acids is 1. The Morgan fingerprint density at radius 3 is 2.53 bits per heavy atom. The third-order valence-corrected chi connectivity index (χ3v) is 3.07. The molecule has 0 aromatic heterocycles. The summed E-state index contributed by atoms with van der Waals surface area (Å²) in [5, 5.41) is 8.90. The zero-order chi connectivity index (χ0) is 13.7. The van der Waals surface area contributed by atoms with Gasteiger partial charge in [-0.2, -0.15) is 0 Å². The minimum Gasteiger partial charge on any atom is -0.490 e. The van der Waals surface area contributed by atoms with Gasteiger partial charge in [-0.25, -0.2) is 0 Å². The molecule has 5 nitrogen and oxygen atoms in total. The Kier molecular flexibility index (Phi) is 4.63. The van der Waals surface area contributed by atoms with E-state index in [1.165, 1.54) is 0 Å². The van der Waals surface area contributed by atoms with Gasteiger partial charge in [0.15, 0.2) is 18.1 Å². The first kappa shape index (κ1) is 13.7. The second kappa shape index (κ2) is 6.43. The lowest BCUT2D eigenvalue weighted by Crippen LogP contribution is -2.52. The first-order valence-corrected chi connectivity index (χ1v) is 6.47. The second-order valence-corrected chi connectivity index (χ2v) is 4.52. The Bertz CT molecular complexity index is 429. The van der Waals surface area contributed by atoms with E-state index in [0.717, 1.165) is 0 Å². The van der Waals surface area contributed by atoms with Gasteiger partial charge in [0.2, 0.25) is 0 Å². The molecule has 1 aliphatic rings. The normalized spacial score (nSPS) is 14.9. The van der Waals surface area contributed by atoms with Gasteiger partial charge in [0.1, 0.15) is 0 Å². The van der Waals surface area contributed by atoms with Gasteiger partial charge in [0.05, 0.1) is 6.61 Å². The van der Waals surface area contributed by atoms with Crippen LogP contribution >= 0.6 is 0 Å². The van der Waals surface area contributed by atoms with E-state index in [2.05, 4.69) is 0 Å². The highest BCUT2D eigenvalue weighted by atomic mass is 16.5. The van der Waals surface area contributed by atoms with Crippen molar-refractivity contribution < 1.29 is 19.4 Å². The van der Waals surface area contributed by atoms with Crippen LogP contribution in [0.15, 0.2) is 24.3 Å². The van der Waals surface area contributed by atoms with Crippen molar-refractivity contribution in [1.82, 2.24) is 4.90 Å². The number of aliphatic hydroxyl groups is 1. The van der Waals surface area contributed by atoms with Gasteiger partial charge in [-0.1, -0.05) is 12.1 Å². The number of hydrogen-bond donors (Lipinski definition) is 1. The Labute approximate surface area is 112 Å². The van der Waals surface area contributed by atoms with E-state index in [-0.39, 0.29) is 25.0 Å². The molecule has 1 amide bonds.